The number of carbonyl (C=O) groups is 2. The molecule has 2 fully saturated rings. The van der Waals surface area contributed by atoms with Crippen LogP contribution in [-0.2, 0) is 46.5 Å². The molecule has 2 aromatic rings. The van der Waals surface area contributed by atoms with E-state index in [0.29, 0.717) is 13.2 Å². The molecule has 34 heavy (non-hydrogen) atoms. The van der Waals surface area contributed by atoms with Crippen molar-refractivity contribution in [3.05, 3.63) is 71.8 Å². The third-order valence-electron chi connectivity index (χ3n) is 5.22. The van der Waals surface area contributed by atoms with Crippen molar-refractivity contribution >= 4 is 11.9 Å². The van der Waals surface area contributed by atoms with Crippen LogP contribution in [0.3, 0.4) is 0 Å². The van der Waals surface area contributed by atoms with Crippen molar-refractivity contribution in [1.29, 1.82) is 0 Å². The number of aliphatic carboxylic acids is 1. The summed E-state index contributed by atoms with van der Waals surface area (Å²) in [7, 11) is 0. The zero-order valence-electron chi connectivity index (χ0n) is 19.8. The van der Waals surface area contributed by atoms with Crippen molar-refractivity contribution in [2.75, 3.05) is 26.4 Å². The highest BCUT2D eigenvalue weighted by atomic mass is 16.6. The number of ether oxygens (including phenoxy) is 5. The maximum Gasteiger partial charge on any atom is 0.343 e. The van der Waals surface area contributed by atoms with Crippen LogP contribution in [0, 0.1) is 0 Å². The molecule has 2 heterocycles. The molecular formula is C26H32O8. The first-order chi connectivity index (χ1) is 16.1. The third-order valence-corrected chi connectivity index (χ3v) is 5.22. The second-order valence-corrected chi connectivity index (χ2v) is 9.33. The van der Waals surface area contributed by atoms with Crippen LogP contribution < -0.4 is 0 Å². The molecule has 0 spiro atoms. The summed E-state index contributed by atoms with van der Waals surface area (Å²) < 4.78 is 26.6. The lowest BCUT2D eigenvalue weighted by Gasteiger charge is -2.40. The Morgan fingerprint density at radius 1 is 0.794 bits per heavy atom. The normalized spacial score (nSPS) is 17.9. The molecule has 2 aliphatic rings. The molecule has 0 aliphatic carbocycles. The van der Waals surface area contributed by atoms with Crippen LogP contribution in [0.1, 0.15) is 31.9 Å². The second-order valence-electron chi connectivity index (χ2n) is 9.33. The summed E-state index contributed by atoms with van der Waals surface area (Å²) in [5, 5.41) is 8.96. The van der Waals surface area contributed by atoms with Gasteiger partial charge < -0.3 is 28.8 Å². The number of rotatable bonds is 8. The molecule has 2 aliphatic heterocycles. The monoisotopic (exact) mass is 472 g/mol. The van der Waals surface area contributed by atoms with E-state index in [4.69, 9.17) is 28.8 Å². The summed E-state index contributed by atoms with van der Waals surface area (Å²) in [6.07, 6.45) is 0. The van der Waals surface area contributed by atoms with Gasteiger partial charge in [-0.1, -0.05) is 60.7 Å². The van der Waals surface area contributed by atoms with Crippen LogP contribution in [0.4, 0.5) is 0 Å². The molecule has 0 bridgehead atoms. The number of hydrogen-bond donors (Lipinski definition) is 1. The van der Waals surface area contributed by atoms with Crippen LogP contribution in [0.25, 0.3) is 0 Å². The zero-order valence-corrected chi connectivity index (χ0v) is 19.8. The summed E-state index contributed by atoms with van der Waals surface area (Å²) in [5.74, 6) is -1.30. The molecule has 2 saturated heterocycles. The highest BCUT2D eigenvalue weighted by Gasteiger charge is 2.50. The Bertz CT molecular complexity index is 928. The summed E-state index contributed by atoms with van der Waals surface area (Å²) in [4.78, 5) is 23.1. The summed E-state index contributed by atoms with van der Waals surface area (Å²) in [6, 6.07) is 19.2. The Morgan fingerprint density at radius 3 is 1.53 bits per heavy atom. The van der Waals surface area contributed by atoms with Crippen LogP contribution in [-0.4, -0.2) is 60.3 Å². The number of carboxylic acid groups (broad SMARTS) is 1. The summed E-state index contributed by atoms with van der Waals surface area (Å²) in [6.45, 7) is 6.99. The van der Waals surface area contributed by atoms with Gasteiger partial charge in [0.05, 0.1) is 39.6 Å². The maximum atomic E-state index is 12.2. The lowest BCUT2D eigenvalue weighted by atomic mass is 10.0. The average Bonchev–Trinajstić information content (AvgIpc) is 2.73. The fourth-order valence-corrected chi connectivity index (χ4v) is 3.07. The number of esters is 1. The number of carbonyl (C=O) groups excluding carboxylic acids is 1. The van der Waals surface area contributed by atoms with E-state index in [1.165, 1.54) is 0 Å². The first-order valence-corrected chi connectivity index (χ1v) is 11.1. The standard InChI is InChI=1S/C15H20O4.C11H12O4/c1-14(2,3)19-13(16)15(10-17-11-15)18-9-12-7-5-4-6-8-12;12-10(13)11(7-14-8-11)15-6-9-4-2-1-3-5-9/h4-8H,9-11H2,1-3H3;1-5H,6-8H2,(H,12,13). The predicted molar refractivity (Wildman–Crippen MR) is 123 cm³/mol. The van der Waals surface area contributed by atoms with E-state index in [0.717, 1.165) is 11.1 Å². The van der Waals surface area contributed by atoms with Crippen LogP contribution >= 0.6 is 0 Å². The van der Waals surface area contributed by atoms with E-state index < -0.39 is 22.8 Å². The fourth-order valence-electron chi connectivity index (χ4n) is 3.07. The van der Waals surface area contributed by atoms with Gasteiger partial charge in [0.2, 0.25) is 11.2 Å². The number of hydrogen-bond acceptors (Lipinski definition) is 7. The van der Waals surface area contributed by atoms with Gasteiger partial charge in [0.15, 0.2) is 0 Å². The minimum absolute atomic E-state index is 0.134. The fraction of sp³-hybridized carbons (Fsp3) is 0.462. The smallest absolute Gasteiger partial charge is 0.343 e. The number of carboxylic acids is 1. The Balaban J connectivity index is 0.000000196. The Labute approximate surface area is 199 Å². The Hall–Kier alpha value is -2.78. The lowest BCUT2D eigenvalue weighted by Crippen LogP contribution is -2.59. The number of benzene rings is 2. The van der Waals surface area contributed by atoms with Gasteiger partial charge in [0, 0.05) is 0 Å². The van der Waals surface area contributed by atoms with Crippen molar-refractivity contribution in [3.63, 3.8) is 0 Å². The summed E-state index contributed by atoms with van der Waals surface area (Å²) in [5.41, 5.74) is -0.600. The summed E-state index contributed by atoms with van der Waals surface area (Å²) >= 11 is 0. The Morgan fingerprint density at radius 2 is 1.21 bits per heavy atom. The van der Waals surface area contributed by atoms with E-state index in [1.54, 1.807) is 0 Å². The van der Waals surface area contributed by atoms with E-state index in [-0.39, 0.29) is 32.4 Å². The van der Waals surface area contributed by atoms with Crippen LogP contribution in [0.5, 0.6) is 0 Å². The third kappa shape index (κ3) is 6.87. The molecule has 184 valence electrons. The van der Waals surface area contributed by atoms with Crippen molar-refractivity contribution < 1.29 is 38.4 Å². The topological polar surface area (TPSA) is 101 Å². The molecule has 8 heteroatoms. The molecule has 0 aromatic heterocycles. The van der Waals surface area contributed by atoms with Crippen molar-refractivity contribution in [2.24, 2.45) is 0 Å². The van der Waals surface area contributed by atoms with Gasteiger partial charge in [-0.05, 0) is 31.9 Å². The molecule has 0 saturated carbocycles. The SMILES string of the molecule is CC(C)(C)OC(=O)C1(OCc2ccccc2)COC1.O=C(O)C1(OCc2ccccc2)COC1. The van der Waals surface area contributed by atoms with Crippen LogP contribution in [0.15, 0.2) is 60.7 Å². The first-order valence-electron chi connectivity index (χ1n) is 11.1. The van der Waals surface area contributed by atoms with E-state index in [2.05, 4.69) is 0 Å². The molecule has 0 unspecified atom stereocenters. The van der Waals surface area contributed by atoms with E-state index in [1.807, 2.05) is 81.4 Å². The van der Waals surface area contributed by atoms with Crippen molar-refractivity contribution in [3.8, 4) is 0 Å². The molecular weight excluding hydrogens is 440 g/mol. The van der Waals surface area contributed by atoms with Gasteiger partial charge in [-0.15, -0.1) is 0 Å². The first kappa shape index (κ1) is 25.8. The Kier molecular flexibility index (Phi) is 8.43. The molecule has 8 nitrogen and oxygen atoms in total. The molecule has 2 aromatic carbocycles. The van der Waals surface area contributed by atoms with Crippen LogP contribution in [0.2, 0.25) is 0 Å². The molecule has 0 radical (unpaired) electrons. The molecule has 0 atom stereocenters. The van der Waals surface area contributed by atoms with Gasteiger partial charge in [0.1, 0.15) is 5.60 Å². The van der Waals surface area contributed by atoms with Crippen molar-refractivity contribution in [1.82, 2.24) is 0 Å². The molecule has 0 amide bonds. The van der Waals surface area contributed by atoms with Crippen molar-refractivity contribution in [2.45, 2.75) is 50.8 Å². The average molecular weight is 473 g/mol. The predicted octanol–water partition coefficient (Wildman–Crippen LogP) is 3.37. The highest BCUT2D eigenvalue weighted by molar-refractivity contribution is 5.81. The van der Waals surface area contributed by atoms with Gasteiger partial charge in [-0.25, -0.2) is 9.59 Å². The minimum atomic E-state index is -1.13. The second kappa shape index (κ2) is 11.1. The van der Waals surface area contributed by atoms with E-state index in [9.17, 15) is 9.59 Å². The molecule has 4 rings (SSSR count). The van der Waals surface area contributed by atoms with Gasteiger partial charge in [-0.3, -0.25) is 0 Å². The lowest BCUT2D eigenvalue weighted by molar-refractivity contribution is -0.239. The van der Waals surface area contributed by atoms with Gasteiger partial charge in [-0.2, -0.15) is 0 Å². The maximum absolute atomic E-state index is 12.2. The van der Waals surface area contributed by atoms with Gasteiger partial charge in [0.25, 0.3) is 0 Å². The minimum Gasteiger partial charge on any atom is -0.479 e. The van der Waals surface area contributed by atoms with E-state index >= 15 is 0 Å². The highest BCUT2D eigenvalue weighted by Crippen LogP contribution is 2.27. The quantitative estimate of drug-likeness (QED) is 0.584. The molecule has 1 N–H and O–H groups in total. The largest absolute Gasteiger partial charge is 0.479 e. The zero-order chi connectivity index (χ0) is 24.7. The van der Waals surface area contributed by atoms with Gasteiger partial charge >= 0.3 is 11.9 Å².